The Morgan fingerprint density at radius 2 is 2.09 bits per heavy atom. The molecule has 0 fully saturated rings. The van der Waals surface area contributed by atoms with Crippen LogP contribution < -0.4 is 4.74 Å². The predicted octanol–water partition coefficient (Wildman–Crippen LogP) is 3.22. The third kappa shape index (κ3) is 3.15. The number of hydrogen-bond donors (Lipinski definition) is 2. The SMILES string of the molecule is C=Nc1cccc(-c2sc(C(=O)O)c(OCC(=O)O)c2C)c1. The van der Waals surface area contributed by atoms with E-state index < -0.39 is 18.5 Å². The van der Waals surface area contributed by atoms with Crippen molar-refractivity contribution in [1.82, 2.24) is 0 Å². The zero-order valence-electron chi connectivity index (χ0n) is 11.7. The standard InChI is InChI=1S/C15H13NO5S/c1-8-12(21-7-11(17)18)14(15(19)20)22-13(8)9-4-3-5-10(6-9)16-2/h3-6H,2,7H2,1H3,(H,17,18)(H,19,20). The summed E-state index contributed by atoms with van der Waals surface area (Å²) >= 11 is 1.04. The number of ether oxygens (including phenoxy) is 1. The number of carboxylic acid groups (broad SMARTS) is 2. The summed E-state index contributed by atoms with van der Waals surface area (Å²) in [4.78, 5) is 26.5. The highest BCUT2D eigenvalue weighted by atomic mass is 32.1. The minimum atomic E-state index is -1.17. The van der Waals surface area contributed by atoms with Crippen LogP contribution in [0.5, 0.6) is 5.75 Å². The topological polar surface area (TPSA) is 96.2 Å². The summed E-state index contributed by atoms with van der Waals surface area (Å²) in [5.74, 6) is -2.23. The number of aliphatic imine (C=N–C) groups is 1. The highest BCUT2D eigenvalue weighted by molar-refractivity contribution is 7.18. The van der Waals surface area contributed by atoms with Crippen molar-refractivity contribution in [1.29, 1.82) is 0 Å². The largest absolute Gasteiger partial charge is 0.480 e. The number of aliphatic carboxylic acids is 1. The van der Waals surface area contributed by atoms with Gasteiger partial charge >= 0.3 is 11.9 Å². The summed E-state index contributed by atoms with van der Waals surface area (Å²) < 4.78 is 5.14. The van der Waals surface area contributed by atoms with Crippen LogP contribution >= 0.6 is 11.3 Å². The van der Waals surface area contributed by atoms with Crippen molar-refractivity contribution >= 4 is 35.7 Å². The van der Waals surface area contributed by atoms with Gasteiger partial charge in [0, 0.05) is 10.4 Å². The number of hydrogen-bond acceptors (Lipinski definition) is 5. The molecule has 2 aromatic rings. The summed E-state index contributed by atoms with van der Waals surface area (Å²) in [5.41, 5.74) is 2.03. The minimum Gasteiger partial charge on any atom is -0.480 e. The van der Waals surface area contributed by atoms with Gasteiger partial charge in [-0.3, -0.25) is 4.99 Å². The van der Waals surface area contributed by atoms with Gasteiger partial charge in [-0.1, -0.05) is 12.1 Å². The summed E-state index contributed by atoms with van der Waals surface area (Å²) in [6, 6.07) is 7.16. The molecule has 0 saturated heterocycles. The third-order valence-corrected chi connectivity index (χ3v) is 4.23. The first-order valence-electron chi connectivity index (χ1n) is 6.22. The highest BCUT2D eigenvalue weighted by Crippen LogP contribution is 2.42. The first-order valence-corrected chi connectivity index (χ1v) is 7.04. The molecule has 2 N–H and O–H groups in total. The highest BCUT2D eigenvalue weighted by Gasteiger charge is 2.23. The summed E-state index contributed by atoms with van der Waals surface area (Å²) in [6.07, 6.45) is 0. The van der Waals surface area contributed by atoms with E-state index in [2.05, 4.69) is 11.7 Å². The fourth-order valence-corrected chi connectivity index (χ4v) is 3.05. The van der Waals surface area contributed by atoms with Crippen molar-refractivity contribution in [3.05, 3.63) is 34.7 Å². The van der Waals surface area contributed by atoms with E-state index in [1.54, 1.807) is 25.1 Å². The van der Waals surface area contributed by atoms with Crippen LogP contribution in [0.3, 0.4) is 0 Å². The minimum absolute atomic E-state index is 0.0225. The van der Waals surface area contributed by atoms with Gasteiger partial charge in [-0.2, -0.15) is 0 Å². The van der Waals surface area contributed by atoms with Crippen molar-refractivity contribution in [3.8, 4) is 16.2 Å². The lowest BCUT2D eigenvalue weighted by molar-refractivity contribution is -0.139. The van der Waals surface area contributed by atoms with E-state index in [-0.39, 0.29) is 10.6 Å². The Labute approximate surface area is 130 Å². The number of thiophene rings is 1. The molecule has 0 amide bonds. The molecular formula is C15H13NO5S. The second-order valence-electron chi connectivity index (χ2n) is 4.41. The summed E-state index contributed by atoms with van der Waals surface area (Å²) in [5, 5.41) is 18.0. The van der Waals surface area contributed by atoms with E-state index in [9.17, 15) is 14.7 Å². The molecule has 0 aliphatic carbocycles. The normalized spacial score (nSPS) is 10.2. The number of aromatic carboxylic acids is 1. The number of benzene rings is 1. The fourth-order valence-electron chi connectivity index (χ4n) is 1.97. The smallest absolute Gasteiger partial charge is 0.349 e. The fraction of sp³-hybridized carbons (Fsp3) is 0.133. The molecule has 22 heavy (non-hydrogen) atoms. The summed E-state index contributed by atoms with van der Waals surface area (Å²) in [7, 11) is 0. The van der Waals surface area contributed by atoms with E-state index in [1.807, 2.05) is 6.07 Å². The Morgan fingerprint density at radius 1 is 1.36 bits per heavy atom. The Hall–Kier alpha value is -2.67. The molecule has 7 heteroatoms. The molecule has 1 aromatic heterocycles. The van der Waals surface area contributed by atoms with E-state index in [1.165, 1.54) is 0 Å². The zero-order chi connectivity index (χ0) is 16.3. The lowest BCUT2D eigenvalue weighted by atomic mass is 10.1. The lowest BCUT2D eigenvalue weighted by Crippen LogP contribution is -2.11. The quantitative estimate of drug-likeness (QED) is 0.797. The Balaban J connectivity index is 2.52. The van der Waals surface area contributed by atoms with Crippen LogP contribution in [0.1, 0.15) is 15.2 Å². The number of carbonyl (C=O) groups is 2. The van der Waals surface area contributed by atoms with Crippen LogP contribution in [-0.4, -0.2) is 35.5 Å². The van der Waals surface area contributed by atoms with Crippen molar-refractivity contribution in [3.63, 3.8) is 0 Å². The molecular weight excluding hydrogens is 306 g/mol. The van der Waals surface area contributed by atoms with E-state index in [4.69, 9.17) is 9.84 Å². The molecule has 0 radical (unpaired) electrons. The van der Waals surface area contributed by atoms with Gasteiger partial charge in [-0.15, -0.1) is 11.3 Å². The molecule has 0 aliphatic rings. The summed E-state index contributed by atoms with van der Waals surface area (Å²) in [6.45, 7) is 4.56. The molecule has 0 saturated carbocycles. The van der Waals surface area contributed by atoms with Crippen LogP contribution in [0.2, 0.25) is 0 Å². The Morgan fingerprint density at radius 3 is 2.68 bits per heavy atom. The van der Waals surface area contributed by atoms with E-state index >= 15 is 0 Å². The molecule has 0 unspecified atom stereocenters. The molecule has 2 rings (SSSR count). The van der Waals surface area contributed by atoms with Crippen LogP contribution in [0.15, 0.2) is 29.3 Å². The van der Waals surface area contributed by atoms with Crippen molar-refractivity contribution < 1.29 is 24.5 Å². The van der Waals surface area contributed by atoms with Gasteiger partial charge in [0.2, 0.25) is 0 Å². The zero-order valence-corrected chi connectivity index (χ0v) is 12.5. The van der Waals surface area contributed by atoms with Crippen molar-refractivity contribution in [2.24, 2.45) is 4.99 Å². The molecule has 0 atom stereocenters. The average molecular weight is 319 g/mol. The molecule has 114 valence electrons. The van der Waals surface area contributed by atoms with Gasteiger partial charge in [0.1, 0.15) is 5.75 Å². The van der Waals surface area contributed by atoms with Gasteiger partial charge in [0.25, 0.3) is 0 Å². The van der Waals surface area contributed by atoms with Gasteiger partial charge in [-0.25, -0.2) is 9.59 Å². The maximum Gasteiger partial charge on any atom is 0.349 e. The van der Waals surface area contributed by atoms with Gasteiger partial charge in [0.15, 0.2) is 11.5 Å². The molecule has 0 bridgehead atoms. The first kappa shape index (κ1) is 15.7. The van der Waals surface area contributed by atoms with Gasteiger partial charge < -0.3 is 14.9 Å². The maximum atomic E-state index is 11.3. The van der Waals surface area contributed by atoms with Crippen molar-refractivity contribution in [2.75, 3.05) is 6.61 Å². The molecule has 1 aromatic carbocycles. The monoisotopic (exact) mass is 319 g/mol. The van der Waals surface area contributed by atoms with Crippen LogP contribution in [0, 0.1) is 6.92 Å². The van der Waals surface area contributed by atoms with Crippen LogP contribution in [0.25, 0.3) is 10.4 Å². The Bertz CT molecular complexity index is 750. The lowest BCUT2D eigenvalue weighted by Gasteiger charge is -2.05. The average Bonchev–Trinajstić information content (AvgIpc) is 2.82. The van der Waals surface area contributed by atoms with E-state index in [0.717, 1.165) is 16.9 Å². The maximum absolute atomic E-state index is 11.3. The number of carboxylic acids is 2. The second-order valence-corrected chi connectivity index (χ2v) is 5.43. The Kier molecular flexibility index (Phi) is 4.57. The van der Waals surface area contributed by atoms with Crippen LogP contribution in [0.4, 0.5) is 5.69 Å². The molecule has 6 nitrogen and oxygen atoms in total. The van der Waals surface area contributed by atoms with Gasteiger partial charge in [0.05, 0.1) is 5.69 Å². The van der Waals surface area contributed by atoms with Gasteiger partial charge in [-0.05, 0) is 31.3 Å². The molecule has 0 aliphatic heterocycles. The number of nitrogens with zero attached hydrogens (tertiary/aromatic N) is 1. The first-order chi connectivity index (χ1) is 10.4. The van der Waals surface area contributed by atoms with Crippen LogP contribution in [-0.2, 0) is 4.79 Å². The third-order valence-electron chi connectivity index (χ3n) is 2.92. The number of rotatable bonds is 6. The van der Waals surface area contributed by atoms with E-state index in [0.29, 0.717) is 16.1 Å². The molecule has 0 spiro atoms. The van der Waals surface area contributed by atoms with Crippen molar-refractivity contribution in [2.45, 2.75) is 6.92 Å². The predicted molar refractivity (Wildman–Crippen MR) is 83.8 cm³/mol. The molecule has 1 heterocycles. The second kappa shape index (κ2) is 6.40.